The van der Waals surface area contributed by atoms with Crippen LogP contribution < -0.4 is 5.32 Å². The fourth-order valence-electron chi connectivity index (χ4n) is 4.49. The van der Waals surface area contributed by atoms with E-state index in [1.807, 2.05) is 48.5 Å². The maximum atomic E-state index is 12.4. The summed E-state index contributed by atoms with van der Waals surface area (Å²) in [5, 5.41) is 11.5. The molecule has 1 saturated heterocycles. The van der Waals surface area contributed by atoms with E-state index in [1.165, 1.54) is 0 Å². The number of carboxylic acids is 1. The Balaban J connectivity index is 1.31. The van der Waals surface area contributed by atoms with Crippen molar-refractivity contribution in [3.05, 3.63) is 59.7 Å². The van der Waals surface area contributed by atoms with Gasteiger partial charge < -0.3 is 20.1 Å². The number of benzene rings is 2. The molecule has 0 aromatic heterocycles. The molecule has 0 bridgehead atoms. The Labute approximate surface area is 203 Å². The third-order valence-electron chi connectivity index (χ3n) is 6.08. The minimum absolute atomic E-state index is 0.0897. The molecule has 1 unspecified atom stereocenters. The standard InChI is InChI=1S/C25H24N2O7S/c28-23(27(14-24(29)30)17-11-13-35(32,33)16-17)10-5-12-26-25(31)34-15-22-20-8-3-1-6-18(20)19-7-2-4-9-21(19)22/h1-4,6-9,17,22H,11-16H2,(H,26,31)(H,29,30). The van der Waals surface area contributed by atoms with Gasteiger partial charge in [-0.1, -0.05) is 54.5 Å². The van der Waals surface area contributed by atoms with Crippen molar-refractivity contribution in [3.8, 4) is 23.0 Å². The van der Waals surface area contributed by atoms with Crippen LogP contribution in [0.15, 0.2) is 48.5 Å². The summed E-state index contributed by atoms with van der Waals surface area (Å²) in [5.41, 5.74) is 4.39. The lowest BCUT2D eigenvalue weighted by Crippen LogP contribution is -2.43. The molecule has 0 spiro atoms. The van der Waals surface area contributed by atoms with Crippen molar-refractivity contribution in [2.75, 3.05) is 31.2 Å². The molecule has 9 nitrogen and oxygen atoms in total. The number of sulfone groups is 1. The lowest BCUT2D eigenvalue weighted by molar-refractivity contribution is -0.143. The zero-order chi connectivity index (χ0) is 25.0. The van der Waals surface area contributed by atoms with Gasteiger partial charge in [0.2, 0.25) is 0 Å². The van der Waals surface area contributed by atoms with Gasteiger partial charge in [0.25, 0.3) is 5.91 Å². The number of hydrogen-bond acceptors (Lipinski definition) is 6. The summed E-state index contributed by atoms with van der Waals surface area (Å²) in [6.07, 6.45) is -0.529. The van der Waals surface area contributed by atoms with Crippen molar-refractivity contribution in [2.45, 2.75) is 18.4 Å². The Hall–Kier alpha value is -3.84. The van der Waals surface area contributed by atoms with Crippen molar-refractivity contribution in [1.29, 1.82) is 0 Å². The van der Waals surface area contributed by atoms with E-state index < -0.39 is 40.4 Å². The van der Waals surface area contributed by atoms with Gasteiger partial charge in [-0.3, -0.25) is 9.59 Å². The van der Waals surface area contributed by atoms with Gasteiger partial charge in [-0.05, 0) is 34.6 Å². The van der Waals surface area contributed by atoms with Gasteiger partial charge in [0.1, 0.15) is 13.2 Å². The average molecular weight is 497 g/mol. The minimum atomic E-state index is -3.31. The molecular weight excluding hydrogens is 472 g/mol. The van der Waals surface area contributed by atoms with Gasteiger partial charge >= 0.3 is 12.1 Å². The number of hydrogen-bond donors (Lipinski definition) is 2. The number of carbonyl (C=O) groups is 3. The molecule has 182 valence electrons. The molecule has 0 radical (unpaired) electrons. The van der Waals surface area contributed by atoms with Crippen molar-refractivity contribution in [1.82, 2.24) is 10.2 Å². The number of ether oxygens (including phenoxy) is 1. The Bertz CT molecular complexity index is 1280. The van der Waals surface area contributed by atoms with Crippen molar-refractivity contribution < 1.29 is 32.6 Å². The predicted molar refractivity (Wildman–Crippen MR) is 127 cm³/mol. The molecule has 2 aliphatic rings. The van der Waals surface area contributed by atoms with E-state index in [9.17, 15) is 22.8 Å². The first-order valence-electron chi connectivity index (χ1n) is 11.1. The fourth-order valence-corrected chi connectivity index (χ4v) is 6.22. The van der Waals surface area contributed by atoms with Crippen LogP contribution in [0.5, 0.6) is 0 Å². The number of rotatable bonds is 6. The van der Waals surface area contributed by atoms with E-state index >= 15 is 0 Å². The first-order chi connectivity index (χ1) is 16.7. The third-order valence-corrected chi connectivity index (χ3v) is 7.83. The van der Waals surface area contributed by atoms with Gasteiger partial charge in [-0.2, -0.15) is 0 Å². The van der Waals surface area contributed by atoms with Crippen LogP contribution in [0.25, 0.3) is 11.1 Å². The van der Waals surface area contributed by atoms with Crippen molar-refractivity contribution >= 4 is 27.8 Å². The summed E-state index contributed by atoms with van der Waals surface area (Å²) in [5.74, 6) is 2.22. The second kappa shape index (κ2) is 10.2. The number of carbonyl (C=O) groups excluding carboxylic acids is 2. The quantitative estimate of drug-likeness (QED) is 0.582. The van der Waals surface area contributed by atoms with Crippen LogP contribution in [0.4, 0.5) is 4.79 Å². The molecule has 1 aliphatic heterocycles. The molecule has 2 aromatic rings. The lowest BCUT2D eigenvalue weighted by Gasteiger charge is -2.24. The monoisotopic (exact) mass is 496 g/mol. The van der Waals surface area contributed by atoms with Gasteiger partial charge in [0.15, 0.2) is 9.84 Å². The van der Waals surface area contributed by atoms with E-state index in [1.54, 1.807) is 0 Å². The second-order valence-electron chi connectivity index (χ2n) is 8.36. The van der Waals surface area contributed by atoms with Gasteiger partial charge in [0, 0.05) is 12.0 Å². The molecule has 1 fully saturated rings. The maximum absolute atomic E-state index is 12.4. The highest BCUT2D eigenvalue weighted by Gasteiger charge is 2.35. The summed E-state index contributed by atoms with van der Waals surface area (Å²) in [6.45, 7) is -0.700. The molecule has 2 N–H and O–H groups in total. The van der Waals surface area contributed by atoms with Gasteiger partial charge in [0.05, 0.1) is 18.1 Å². The largest absolute Gasteiger partial charge is 0.480 e. The maximum Gasteiger partial charge on any atom is 0.407 e. The summed E-state index contributed by atoms with van der Waals surface area (Å²) in [7, 11) is -3.31. The van der Waals surface area contributed by atoms with Crippen LogP contribution in [0.1, 0.15) is 23.5 Å². The predicted octanol–water partition coefficient (Wildman–Crippen LogP) is 1.63. The van der Waals surface area contributed by atoms with Crippen LogP contribution in [-0.2, 0) is 24.2 Å². The Kier molecular flexibility index (Phi) is 7.07. The molecule has 10 heteroatoms. The highest BCUT2D eigenvalue weighted by molar-refractivity contribution is 7.91. The summed E-state index contributed by atoms with van der Waals surface area (Å²) < 4.78 is 28.8. The summed E-state index contributed by atoms with van der Waals surface area (Å²) in [6, 6.07) is 15.2. The first-order valence-corrected chi connectivity index (χ1v) is 12.9. The Morgan fingerprint density at radius 1 is 1.06 bits per heavy atom. The van der Waals surface area contributed by atoms with Crippen LogP contribution in [0.2, 0.25) is 0 Å². The number of amides is 2. The molecule has 35 heavy (non-hydrogen) atoms. The summed E-state index contributed by atoms with van der Waals surface area (Å²) >= 11 is 0. The molecule has 1 heterocycles. The third kappa shape index (κ3) is 5.63. The molecule has 1 atom stereocenters. The number of aliphatic carboxylic acids is 1. The normalized spacial score (nSPS) is 17.4. The second-order valence-corrected chi connectivity index (χ2v) is 10.6. The zero-order valence-electron chi connectivity index (χ0n) is 18.8. The van der Waals surface area contributed by atoms with E-state index in [-0.39, 0.29) is 37.0 Å². The van der Waals surface area contributed by atoms with Gasteiger partial charge in [-0.25, -0.2) is 13.2 Å². The molecule has 4 rings (SSSR count). The van der Waals surface area contributed by atoms with Crippen LogP contribution in [-0.4, -0.2) is 73.6 Å². The van der Waals surface area contributed by atoms with E-state index in [0.717, 1.165) is 27.2 Å². The average Bonchev–Trinajstić information content (AvgIpc) is 3.35. The van der Waals surface area contributed by atoms with Crippen molar-refractivity contribution in [3.63, 3.8) is 0 Å². The number of fused-ring (bicyclic) bond motifs is 3. The SMILES string of the molecule is O=C(O)CN(C(=O)C#CCNC(=O)OCC1c2ccccc2-c2ccccc21)C1CCS(=O)(=O)C1. The summed E-state index contributed by atoms with van der Waals surface area (Å²) in [4.78, 5) is 36.7. The van der Waals surface area contributed by atoms with Crippen LogP contribution >= 0.6 is 0 Å². The topological polar surface area (TPSA) is 130 Å². The number of carboxylic acid groups (broad SMARTS) is 1. The molecule has 1 aliphatic carbocycles. The van der Waals surface area contributed by atoms with E-state index in [4.69, 9.17) is 9.84 Å². The Morgan fingerprint density at radius 3 is 2.26 bits per heavy atom. The van der Waals surface area contributed by atoms with Crippen molar-refractivity contribution in [2.24, 2.45) is 0 Å². The van der Waals surface area contributed by atoms with Crippen LogP contribution in [0.3, 0.4) is 0 Å². The Morgan fingerprint density at radius 2 is 1.69 bits per heavy atom. The van der Waals surface area contributed by atoms with E-state index in [2.05, 4.69) is 17.2 Å². The molecule has 2 amide bonds. The smallest absolute Gasteiger partial charge is 0.407 e. The number of nitrogens with one attached hydrogen (secondary N) is 1. The lowest BCUT2D eigenvalue weighted by atomic mass is 9.98. The van der Waals surface area contributed by atoms with Gasteiger partial charge in [-0.15, -0.1) is 0 Å². The molecule has 0 saturated carbocycles. The minimum Gasteiger partial charge on any atom is -0.480 e. The number of alkyl carbamates (subject to hydrolysis) is 1. The number of nitrogens with zero attached hydrogens (tertiary/aromatic N) is 1. The molecule has 2 aromatic carbocycles. The first kappa shape index (κ1) is 24.3. The van der Waals surface area contributed by atoms with E-state index in [0.29, 0.717) is 0 Å². The van der Waals surface area contributed by atoms with Crippen LogP contribution in [0, 0.1) is 11.8 Å². The highest BCUT2D eigenvalue weighted by atomic mass is 32.2. The highest BCUT2D eigenvalue weighted by Crippen LogP contribution is 2.44. The fraction of sp³-hybridized carbons (Fsp3) is 0.320. The molecular formula is C25H24N2O7S. The zero-order valence-corrected chi connectivity index (χ0v) is 19.6.